The molecule has 0 saturated heterocycles. The lowest BCUT2D eigenvalue weighted by Crippen LogP contribution is -2.54. The Morgan fingerprint density at radius 2 is 1.53 bits per heavy atom. The number of carbonyl (C=O) groups is 3. The molecular weight excluding hydrogens is 478 g/mol. The maximum atomic E-state index is 14.2. The molecule has 2 unspecified atom stereocenters. The second-order valence-electron chi connectivity index (χ2n) is 11.2. The van der Waals surface area contributed by atoms with Gasteiger partial charge in [-0.25, -0.2) is 4.79 Å². The molecule has 2 aromatic carbocycles. The largest absolute Gasteiger partial charge is 0.444 e. The monoisotopic (exact) mass is 523 g/mol. The van der Waals surface area contributed by atoms with Crippen molar-refractivity contribution in [3.05, 3.63) is 65.2 Å². The third-order valence-corrected chi connectivity index (χ3v) is 6.34. The summed E-state index contributed by atoms with van der Waals surface area (Å²) >= 11 is 0. The summed E-state index contributed by atoms with van der Waals surface area (Å²) in [6.45, 7) is 15.4. The van der Waals surface area contributed by atoms with Crippen molar-refractivity contribution < 1.29 is 19.1 Å². The topological polar surface area (TPSA) is 87.7 Å². The lowest BCUT2D eigenvalue weighted by Gasteiger charge is -2.36. The Hall–Kier alpha value is -3.35. The summed E-state index contributed by atoms with van der Waals surface area (Å²) < 4.78 is 5.45. The van der Waals surface area contributed by atoms with E-state index < -0.39 is 23.8 Å². The number of hydrogen-bond donors (Lipinski definition) is 2. The third-order valence-electron chi connectivity index (χ3n) is 6.34. The van der Waals surface area contributed by atoms with Crippen molar-refractivity contribution in [2.75, 3.05) is 11.9 Å². The van der Waals surface area contributed by atoms with Gasteiger partial charge in [0.15, 0.2) is 0 Å². The van der Waals surface area contributed by atoms with Gasteiger partial charge < -0.3 is 20.3 Å². The van der Waals surface area contributed by atoms with Crippen LogP contribution in [0.4, 0.5) is 10.5 Å². The number of benzene rings is 2. The second kappa shape index (κ2) is 14.0. The Morgan fingerprint density at radius 1 is 0.921 bits per heavy atom. The summed E-state index contributed by atoms with van der Waals surface area (Å²) in [6, 6.07) is 13.5. The fraction of sp³-hybridized carbons (Fsp3) is 0.516. The molecule has 0 aliphatic heterocycles. The van der Waals surface area contributed by atoms with Crippen LogP contribution in [0.15, 0.2) is 48.5 Å². The fourth-order valence-corrected chi connectivity index (χ4v) is 4.28. The Bertz CT molecular complexity index is 1090. The smallest absolute Gasteiger partial charge is 0.408 e. The number of para-hydroxylation sites is 1. The van der Waals surface area contributed by atoms with Crippen LogP contribution in [0.25, 0.3) is 0 Å². The first-order valence-electron chi connectivity index (χ1n) is 13.6. The lowest BCUT2D eigenvalue weighted by molar-refractivity contribution is -0.141. The van der Waals surface area contributed by atoms with Crippen molar-refractivity contribution >= 4 is 23.6 Å². The van der Waals surface area contributed by atoms with Crippen molar-refractivity contribution in [2.24, 2.45) is 5.92 Å². The summed E-state index contributed by atoms with van der Waals surface area (Å²) in [5.41, 5.74) is 2.59. The van der Waals surface area contributed by atoms with E-state index in [-0.39, 0.29) is 17.7 Å². The first kappa shape index (κ1) is 30.9. The SMILES string of the molecule is CCCCCN(C(=O)C(NC(=O)OC(C)(C)C)C(C)C)C(C(=O)Nc1ccccc1C)c1ccccc1C. The average Bonchev–Trinajstić information content (AvgIpc) is 2.82. The highest BCUT2D eigenvalue weighted by Gasteiger charge is 2.38. The number of ether oxygens (including phenoxy) is 1. The van der Waals surface area contributed by atoms with E-state index in [0.717, 1.165) is 36.0 Å². The van der Waals surface area contributed by atoms with Gasteiger partial charge in [0.1, 0.15) is 17.7 Å². The van der Waals surface area contributed by atoms with Crippen LogP contribution in [0.5, 0.6) is 0 Å². The number of hydrogen-bond acceptors (Lipinski definition) is 4. The normalized spacial score (nSPS) is 13.0. The Kier molecular flexibility index (Phi) is 11.4. The number of carbonyl (C=O) groups excluding carboxylic acids is 3. The molecule has 208 valence electrons. The molecule has 0 aliphatic carbocycles. The molecule has 0 spiro atoms. The zero-order valence-electron chi connectivity index (χ0n) is 24.3. The highest BCUT2D eigenvalue weighted by Crippen LogP contribution is 2.29. The van der Waals surface area contributed by atoms with Gasteiger partial charge in [-0.05, 0) is 69.7 Å². The number of alkyl carbamates (subject to hydrolysis) is 1. The van der Waals surface area contributed by atoms with Gasteiger partial charge >= 0.3 is 6.09 Å². The van der Waals surface area contributed by atoms with E-state index in [1.165, 1.54) is 0 Å². The van der Waals surface area contributed by atoms with Crippen LogP contribution in [0.2, 0.25) is 0 Å². The van der Waals surface area contributed by atoms with E-state index in [1.807, 2.05) is 76.2 Å². The van der Waals surface area contributed by atoms with Crippen LogP contribution >= 0.6 is 0 Å². The van der Waals surface area contributed by atoms with Crippen molar-refractivity contribution in [1.29, 1.82) is 0 Å². The van der Waals surface area contributed by atoms with Gasteiger partial charge in [-0.2, -0.15) is 0 Å². The van der Waals surface area contributed by atoms with Crippen molar-refractivity contribution in [1.82, 2.24) is 10.2 Å². The molecule has 2 N–H and O–H groups in total. The Balaban J connectivity index is 2.54. The van der Waals surface area contributed by atoms with Gasteiger partial charge in [-0.1, -0.05) is 76.1 Å². The number of nitrogens with one attached hydrogen (secondary N) is 2. The van der Waals surface area contributed by atoms with Crippen molar-refractivity contribution in [3.63, 3.8) is 0 Å². The van der Waals surface area contributed by atoms with Crippen LogP contribution in [0.3, 0.4) is 0 Å². The van der Waals surface area contributed by atoms with Crippen LogP contribution in [-0.4, -0.2) is 41.0 Å². The zero-order chi connectivity index (χ0) is 28.5. The number of aryl methyl sites for hydroxylation is 2. The molecule has 7 nitrogen and oxygen atoms in total. The number of rotatable bonds is 11. The van der Waals surface area contributed by atoms with Gasteiger partial charge in [-0.15, -0.1) is 0 Å². The molecule has 0 aliphatic rings. The van der Waals surface area contributed by atoms with Gasteiger partial charge in [0.25, 0.3) is 5.91 Å². The van der Waals surface area contributed by atoms with E-state index in [9.17, 15) is 14.4 Å². The molecule has 7 heteroatoms. The molecule has 0 heterocycles. The van der Waals surface area contributed by atoms with E-state index in [2.05, 4.69) is 17.6 Å². The summed E-state index contributed by atoms with van der Waals surface area (Å²) in [7, 11) is 0. The van der Waals surface area contributed by atoms with E-state index in [0.29, 0.717) is 12.2 Å². The zero-order valence-corrected chi connectivity index (χ0v) is 24.3. The van der Waals surface area contributed by atoms with E-state index in [1.54, 1.807) is 25.7 Å². The van der Waals surface area contributed by atoms with E-state index >= 15 is 0 Å². The summed E-state index contributed by atoms with van der Waals surface area (Å²) in [5.74, 6) is -0.825. The second-order valence-corrected chi connectivity index (χ2v) is 11.2. The first-order valence-corrected chi connectivity index (χ1v) is 13.6. The fourth-order valence-electron chi connectivity index (χ4n) is 4.28. The number of unbranched alkanes of at least 4 members (excludes halogenated alkanes) is 2. The van der Waals surface area contributed by atoms with Crippen molar-refractivity contribution in [3.8, 4) is 0 Å². The molecule has 38 heavy (non-hydrogen) atoms. The molecule has 3 amide bonds. The van der Waals surface area contributed by atoms with Crippen molar-refractivity contribution in [2.45, 2.75) is 92.3 Å². The number of amides is 3. The highest BCUT2D eigenvalue weighted by atomic mass is 16.6. The number of anilines is 1. The Labute approximate surface area is 228 Å². The molecule has 0 aromatic heterocycles. The van der Waals surface area contributed by atoms with Gasteiger partial charge in [0, 0.05) is 12.2 Å². The van der Waals surface area contributed by atoms with Crippen LogP contribution < -0.4 is 10.6 Å². The van der Waals surface area contributed by atoms with Crippen LogP contribution in [0, 0.1) is 19.8 Å². The molecule has 2 atom stereocenters. The average molecular weight is 524 g/mol. The minimum absolute atomic E-state index is 0.222. The molecule has 2 aromatic rings. The number of nitrogens with zero attached hydrogens (tertiary/aromatic N) is 1. The predicted molar refractivity (Wildman–Crippen MR) is 153 cm³/mol. The summed E-state index contributed by atoms with van der Waals surface area (Å²) in [5, 5.41) is 5.84. The molecule has 0 saturated carbocycles. The molecule has 2 rings (SSSR count). The van der Waals surface area contributed by atoms with Gasteiger partial charge in [-0.3, -0.25) is 9.59 Å². The predicted octanol–water partition coefficient (Wildman–Crippen LogP) is 6.55. The lowest BCUT2D eigenvalue weighted by atomic mass is 9.95. The van der Waals surface area contributed by atoms with Crippen LogP contribution in [-0.2, 0) is 14.3 Å². The molecular formula is C31H45N3O4. The Morgan fingerprint density at radius 3 is 2.08 bits per heavy atom. The maximum Gasteiger partial charge on any atom is 0.408 e. The van der Waals surface area contributed by atoms with Crippen LogP contribution in [0.1, 0.15) is 83.5 Å². The third kappa shape index (κ3) is 8.89. The minimum Gasteiger partial charge on any atom is -0.444 e. The summed E-state index contributed by atoms with van der Waals surface area (Å²) in [6.07, 6.45) is 1.96. The standard InChI is InChI=1S/C31H45N3O4/c1-9-10-15-20-34(29(36)26(21(2)3)33-30(37)38-31(6,7)8)27(24-18-13-11-16-22(24)4)28(35)32-25-19-14-12-17-23(25)5/h11-14,16-19,21,26-27H,9-10,15,20H2,1-8H3,(H,32,35)(H,33,37). The quantitative estimate of drug-likeness (QED) is 0.327. The summed E-state index contributed by atoms with van der Waals surface area (Å²) in [4.78, 5) is 42.5. The maximum absolute atomic E-state index is 14.2. The molecule has 0 fully saturated rings. The minimum atomic E-state index is -0.873. The molecule has 0 radical (unpaired) electrons. The van der Waals surface area contributed by atoms with Gasteiger partial charge in [0.2, 0.25) is 5.91 Å². The molecule has 0 bridgehead atoms. The van der Waals surface area contributed by atoms with Gasteiger partial charge in [0.05, 0.1) is 0 Å². The highest BCUT2D eigenvalue weighted by molar-refractivity contribution is 5.99. The van der Waals surface area contributed by atoms with E-state index in [4.69, 9.17) is 4.74 Å². The first-order chi connectivity index (χ1) is 17.9.